The molecule has 0 saturated carbocycles. The van der Waals surface area contributed by atoms with Crippen LogP contribution in [0.2, 0.25) is 0 Å². The van der Waals surface area contributed by atoms with Gasteiger partial charge in [0.2, 0.25) is 0 Å². The van der Waals surface area contributed by atoms with Crippen molar-refractivity contribution in [3.8, 4) is 0 Å². The number of thioether (sulfide) groups is 1. The zero-order valence-electron chi connectivity index (χ0n) is 11.6. The molecule has 2 atom stereocenters. The number of nitrogens with one attached hydrogen (secondary N) is 1. The van der Waals surface area contributed by atoms with Gasteiger partial charge in [0.25, 0.3) is 0 Å². The first-order valence-corrected chi connectivity index (χ1v) is 8.25. The van der Waals surface area contributed by atoms with Crippen LogP contribution in [0.3, 0.4) is 0 Å². The van der Waals surface area contributed by atoms with Crippen LogP contribution in [0.4, 0.5) is 4.79 Å². The molecule has 1 heterocycles. The summed E-state index contributed by atoms with van der Waals surface area (Å²) in [7, 11) is 0. The predicted octanol–water partition coefficient (Wildman–Crippen LogP) is 1.71. The molecule has 5 nitrogen and oxygen atoms in total. The number of carboxylic acids is 1. The van der Waals surface area contributed by atoms with Crippen LogP contribution in [-0.2, 0) is 17.6 Å². The molecule has 1 saturated heterocycles. The van der Waals surface area contributed by atoms with E-state index >= 15 is 0 Å². The van der Waals surface area contributed by atoms with Gasteiger partial charge in [-0.1, -0.05) is 24.3 Å². The van der Waals surface area contributed by atoms with Crippen molar-refractivity contribution < 1.29 is 14.7 Å². The van der Waals surface area contributed by atoms with E-state index in [0.717, 1.165) is 19.3 Å². The fraction of sp³-hybridized carbons (Fsp3) is 0.467. The highest BCUT2D eigenvalue weighted by Crippen LogP contribution is 2.23. The topological polar surface area (TPSA) is 69.6 Å². The molecule has 2 unspecified atom stereocenters. The molecule has 2 N–H and O–H groups in total. The van der Waals surface area contributed by atoms with Gasteiger partial charge in [0, 0.05) is 11.8 Å². The second-order valence-electron chi connectivity index (χ2n) is 5.48. The molecule has 2 amide bonds. The zero-order valence-corrected chi connectivity index (χ0v) is 12.4. The summed E-state index contributed by atoms with van der Waals surface area (Å²) in [4.78, 5) is 24.8. The number of aliphatic carboxylic acids is 1. The largest absolute Gasteiger partial charge is 0.480 e. The van der Waals surface area contributed by atoms with E-state index in [-0.39, 0.29) is 12.1 Å². The Morgan fingerprint density at radius 3 is 2.81 bits per heavy atom. The lowest BCUT2D eigenvalue weighted by molar-refractivity contribution is -0.140. The fourth-order valence-corrected chi connectivity index (χ4v) is 4.07. The van der Waals surface area contributed by atoms with Gasteiger partial charge in [0.15, 0.2) is 0 Å². The van der Waals surface area contributed by atoms with Crippen molar-refractivity contribution in [3.63, 3.8) is 0 Å². The Balaban J connectivity index is 1.62. The summed E-state index contributed by atoms with van der Waals surface area (Å²) in [5.41, 5.74) is 2.63. The van der Waals surface area contributed by atoms with Gasteiger partial charge >= 0.3 is 12.0 Å². The summed E-state index contributed by atoms with van der Waals surface area (Å²) >= 11 is 1.48. The molecule has 1 aliphatic heterocycles. The van der Waals surface area contributed by atoms with Crippen molar-refractivity contribution in [1.29, 1.82) is 0 Å². The number of carboxylic acid groups (broad SMARTS) is 1. The van der Waals surface area contributed by atoms with Crippen LogP contribution in [0.15, 0.2) is 24.3 Å². The minimum absolute atomic E-state index is 0.0902. The van der Waals surface area contributed by atoms with Crippen molar-refractivity contribution in [2.75, 3.05) is 11.6 Å². The third kappa shape index (κ3) is 3.00. The summed E-state index contributed by atoms with van der Waals surface area (Å²) < 4.78 is 0. The fourth-order valence-electron chi connectivity index (χ4n) is 2.93. The Kier molecular flexibility index (Phi) is 4.05. The molecule has 0 radical (unpaired) electrons. The van der Waals surface area contributed by atoms with Crippen molar-refractivity contribution >= 4 is 23.8 Å². The van der Waals surface area contributed by atoms with E-state index in [4.69, 9.17) is 5.11 Å². The van der Waals surface area contributed by atoms with Crippen LogP contribution in [-0.4, -0.2) is 45.7 Å². The van der Waals surface area contributed by atoms with Gasteiger partial charge in [-0.15, -0.1) is 11.8 Å². The van der Waals surface area contributed by atoms with Gasteiger partial charge in [-0.2, -0.15) is 0 Å². The van der Waals surface area contributed by atoms with Crippen LogP contribution >= 0.6 is 11.8 Å². The number of carbonyl (C=O) groups excluding carboxylic acids is 1. The lowest BCUT2D eigenvalue weighted by Crippen LogP contribution is -2.50. The quantitative estimate of drug-likeness (QED) is 0.873. The molecule has 0 aromatic heterocycles. The van der Waals surface area contributed by atoms with Gasteiger partial charge in [-0.05, 0) is 30.4 Å². The van der Waals surface area contributed by atoms with Gasteiger partial charge in [-0.25, -0.2) is 9.59 Å². The monoisotopic (exact) mass is 306 g/mol. The van der Waals surface area contributed by atoms with E-state index in [1.165, 1.54) is 27.8 Å². The van der Waals surface area contributed by atoms with E-state index in [0.29, 0.717) is 11.6 Å². The van der Waals surface area contributed by atoms with Crippen molar-refractivity contribution in [3.05, 3.63) is 35.4 Å². The number of hydrogen-bond acceptors (Lipinski definition) is 3. The molecule has 1 aromatic carbocycles. The number of amides is 2. The average molecular weight is 306 g/mol. The number of aryl methyl sites for hydroxylation is 1. The lowest BCUT2D eigenvalue weighted by atomic mass is 9.88. The molecule has 2 aliphatic rings. The number of carbonyl (C=O) groups is 2. The maximum Gasteiger partial charge on any atom is 0.327 e. The van der Waals surface area contributed by atoms with Crippen LogP contribution in [0, 0.1) is 0 Å². The highest BCUT2D eigenvalue weighted by molar-refractivity contribution is 7.99. The Morgan fingerprint density at radius 1 is 1.29 bits per heavy atom. The van der Waals surface area contributed by atoms with E-state index < -0.39 is 12.0 Å². The van der Waals surface area contributed by atoms with Crippen molar-refractivity contribution in [1.82, 2.24) is 10.2 Å². The first-order chi connectivity index (χ1) is 10.1. The third-order valence-corrected chi connectivity index (χ3v) is 5.11. The molecule has 1 fully saturated rings. The summed E-state index contributed by atoms with van der Waals surface area (Å²) in [6, 6.07) is 7.41. The second kappa shape index (κ2) is 5.97. The number of hydrogen-bond donors (Lipinski definition) is 2. The Hall–Kier alpha value is -1.69. The summed E-state index contributed by atoms with van der Waals surface area (Å²) in [5, 5.41) is 12.1. The summed E-state index contributed by atoms with van der Waals surface area (Å²) in [6.45, 7) is 0. The van der Waals surface area contributed by atoms with Crippen LogP contribution in [0.25, 0.3) is 0 Å². The second-order valence-corrected chi connectivity index (χ2v) is 6.48. The average Bonchev–Trinajstić information content (AvgIpc) is 2.97. The van der Waals surface area contributed by atoms with Gasteiger partial charge in [-0.3, -0.25) is 0 Å². The summed E-state index contributed by atoms with van der Waals surface area (Å²) in [6.07, 6.45) is 2.68. The van der Waals surface area contributed by atoms with Gasteiger partial charge in [0.05, 0.1) is 5.88 Å². The van der Waals surface area contributed by atoms with E-state index in [1.807, 2.05) is 12.1 Å². The third-order valence-electron chi connectivity index (χ3n) is 4.10. The normalized spacial score (nSPS) is 24.5. The molecule has 3 rings (SSSR count). The van der Waals surface area contributed by atoms with Crippen LogP contribution in [0.1, 0.15) is 17.5 Å². The first kappa shape index (κ1) is 14.3. The molecule has 1 aliphatic carbocycles. The zero-order chi connectivity index (χ0) is 14.8. The molecule has 1 aromatic rings. The minimum Gasteiger partial charge on any atom is -0.480 e. The highest BCUT2D eigenvalue weighted by atomic mass is 32.2. The molecular formula is C15H18N2O3S. The van der Waals surface area contributed by atoms with E-state index in [2.05, 4.69) is 17.4 Å². The Labute approximate surface area is 127 Å². The maximum absolute atomic E-state index is 12.3. The van der Waals surface area contributed by atoms with Crippen LogP contribution < -0.4 is 5.32 Å². The van der Waals surface area contributed by atoms with E-state index in [9.17, 15) is 9.59 Å². The lowest BCUT2D eigenvalue weighted by Gasteiger charge is -2.28. The molecule has 0 bridgehead atoms. The molecule has 112 valence electrons. The molecular weight excluding hydrogens is 288 g/mol. The number of rotatable bonds is 2. The van der Waals surface area contributed by atoms with Crippen LogP contribution in [0.5, 0.6) is 0 Å². The SMILES string of the molecule is O=C(O)C1CSCN1C(=O)NC1CCc2ccccc2C1. The van der Waals surface area contributed by atoms with E-state index in [1.54, 1.807) is 0 Å². The Morgan fingerprint density at radius 2 is 2.05 bits per heavy atom. The predicted molar refractivity (Wildman–Crippen MR) is 81.4 cm³/mol. The first-order valence-electron chi connectivity index (χ1n) is 7.09. The van der Waals surface area contributed by atoms with Crippen molar-refractivity contribution in [2.45, 2.75) is 31.3 Å². The molecule has 6 heteroatoms. The minimum atomic E-state index is -0.927. The number of urea groups is 1. The molecule has 21 heavy (non-hydrogen) atoms. The van der Waals surface area contributed by atoms with Gasteiger partial charge < -0.3 is 15.3 Å². The molecule has 0 spiro atoms. The Bertz CT molecular complexity index is 564. The smallest absolute Gasteiger partial charge is 0.327 e. The highest BCUT2D eigenvalue weighted by Gasteiger charge is 2.35. The number of benzene rings is 1. The van der Waals surface area contributed by atoms with Crippen molar-refractivity contribution in [2.24, 2.45) is 0 Å². The van der Waals surface area contributed by atoms with Gasteiger partial charge in [0.1, 0.15) is 6.04 Å². The summed E-state index contributed by atoms with van der Waals surface area (Å²) in [5.74, 6) is -0.00771. The number of fused-ring (bicyclic) bond motifs is 1. The maximum atomic E-state index is 12.3. The standard InChI is InChI=1S/C15H18N2O3S/c18-14(19)13-8-21-9-17(13)15(20)16-12-6-5-10-3-1-2-4-11(10)7-12/h1-4,12-13H,5-9H2,(H,16,20)(H,18,19). The number of nitrogens with zero attached hydrogens (tertiary/aromatic N) is 1.